The highest BCUT2D eigenvalue weighted by Gasteiger charge is 2.63. The number of rotatable bonds is 7. The molecule has 5 heteroatoms. The average Bonchev–Trinajstić information content (AvgIpc) is 3.10. The molecule has 0 aromatic rings. The molecule has 10 atom stereocenters. The van der Waals surface area contributed by atoms with Crippen molar-refractivity contribution in [3.05, 3.63) is 0 Å². The first-order valence-electron chi connectivity index (χ1n) is 13.0. The molecule has 5 N–H and O–H groups in total. The van der Waals surface area contributed by atoms with Crippen molar-refractivity contribution in [2.75, 3.05) is 13.1 Å². The van der Waals surface area contributed by atoms with Gasteiger partial charge in [0.25, 0.3) is 0 Å². The third-order valence-electron chi connectivity index (χ3n) is 10.9. The fourth-order valence-electron chi connectivity index (χ4n) is 9.21. The number of aliphatic hydroxyl groups is 1. The van der Waals surface area contributed by atoms with Crippen molar-refractivity contribution in [2.24, 2.45) is 52.1 Å². The van der Waals surface area contributed by atoms with Crippen molar-refractivity contribution >= 4 is 5.97 Å². The zero-order chi connectivity index (χ0) is 22.4. The molecule has 4 saturated carbocycles. The van der Waals surface area contributed by atoms with Gasteiger partial charge in [0.2, 0.25) is 0 Å². The first-order chi connectivity index (χ1) is 14.7. The summed E-state index contributed by atoms with van der Waals surface area (Å²) in [6.45, 7) is 8.76. The highest BCUT2D eigenvalue weighted by Crippen LogP contribution is 2.68. The summed E-state index contributed by atoms with van der Waals surface area (Å²) < 4.78 is 0. The number of carboxylic acids is 1. The predicted molar refractivity (Wildman–Crippen MR) is 123 cm³/mol. The van der Waals surface area contributed by atoms with Crippen LogP contribution < -0.4 is 11.1 Å². The summed E-state index contributed by atoms with van der Waals surface area (Å²) in [6, 6.07) is 0.614. The highest BCUT2D eigenvalue weighted by atomic mass is 16.4. The molecule has 0 aliphatic heterocycles. The van der Waals surface area contributed by atoms with E-state index in [0.29, 0.717) is 41.7 Å². The Kier molecular flexibility index (Phi) is 6.78. The number of carboxylic acid groups (broad SMARTS) is 1. The Hall–Kier alpha value is -0.650. The van der Waals surface area contributed by atoms with Crippen LogP contribution >= 0.6 is 0 Å². The predicted octanol–water partition coefficient (Wildman–Crippen LogP) is 4.03. The van der Waals surface area contributed by atoms with Gasteiger partial charge >= 0.3 is 5.97 Å². The number of nitrogens with one attached hydrogen (secondary N) is 1. The van der Waals surface area contributed by atoms with Crippen LogP contribution in [0, 0.1) is 46.3 Å². The van der Waals surface area contributed by atoms with Crippen molar-refractivity contribution < 1.29 is 15.0 Å². The van der Waals surface area contributed by atoms with Gasteiger partial charge in [-0.1, -0.05) is 20.8 Å². The lowest BCUT2D eigenvalue weighted by molar-refractivity contribution is -0.170. The number of fused-ring (bicyclic) bond motifs is 5. The van der Waals surface area contributed by atoms with Crippen LogP contribution in [0.3, 0.4) is 0 Å². The molecule has 0 aromatic carbocycles. The molecule has 4 aliphatic carbocycles. The molecule has 4 rings (SSSR count). The largest absolute Gasteiger partial charge is 0.481 e. The number of aliphatic hydroxyl groups excluding tert-OH is 1. The molecule has 0 spiro atoms. The van der Waals surface area contributed by atoms with Crippen LogP contribution in [-0.2, 0) is 4.79 Å². The lowest BCUT2D eigenvalue weighted by Crippen LogP contribution is -2.59. The van der Waals surface area contributed by atoms with Gasteiger partial charge in [0.1, 0.15) is 0 Å². The van der Waals surface area contributed by atoms with Gasteiger partial charge < -0.3 is 21.3 Å². The van der Waals surface area contributed by atoms with Crippen LogP contribution in [0.5, 0.6) is 0 Å². The van der Waals surface area contributed by atoms with Gasteiger partial charge in [0.15, 0.2) is 0 Å². The van der Waals surface area contributed by atoms with E-state index in [0.717, 1.165) is 37.6 Å². The molecule has 0 amide bonds. The van der Waals surface area contributed by atoms with Crippen molar-refractivity contribution in [2.45, 2.75) is 97.1 Å². The molecule has 0 saturated heterocycles. The fourth-order valence-corrected chi connectivity index (χ4v) is 9.21. The normalized spacial score (nSPS) is 47.8. The number of aliphatic carboxylic acids is 1. The van der Waals surface area contributed by atoms with E-state index in [9.17, 15) is 9.90 Å². The first-order valence-corrected chi connectivity index (χ1v) is 13.0. The second-order valence-corrected chi connectivity index (χ2v) is 12.1. The van der Waals surface area contributed by atoms with Crippen LogP contribution in [0.25, 0.3) is 0 Å². The molecule has 4 aliphatic rings. The average molecular weight is 435 g/mol. The van der Waals surface area contributed by atoms with Crippen molar-refractivity contribution in [1.82, 2.24) is 5.32 Å². The maximum atomic E-state index is 11.6. The summed E-state index contributed by atoms with van der Waals surface area (Å²) in [7, 11) is 0. The zero-order valence-corrected chi connectivity index (χ0v) is 20.0. The summed E-state index contributed by atoms with van der Waals surface area (Å²) in [5.41, 5.74) is 6.04. The topological polar surface area (TPSA) is 95.6 Å². The van der Waals surface area contributed by atoms with Gasteiger partial charge in [-0.25, -0.2) is 0 Å². The maximum absolute atomic E-state index is 11.6. The Labute approximate surface area is 188 Å². The van der Waals surface area contributed by atoms with Crippen LogP contribution in [0.2, 0.25) is 0 Å². The summed E-state index contributed by atoms with van der Waals surface area (Å²) in [4.78, 5) is 11.1. The third-order valence-corrected chi connectivity index (χ3v) is 10.9. The standard InChI is InChI=1S/C26H46N2O3/c1-16(4-9-24(30)31)20-7-8-21-19-6-5-17-14-18(28-13-12-27)10-11-25(17,2)22(19)15-23(29)26(20,21)3/h16-23,28-29H,4-15,27H2,1-3H3,(H,30,31). The Morgan fingerprint density at radius 2 is 1.90 bits per heavy atom. The van der Waals surface area contributed by atoms with E-state index in [1.807, 2.05) is 0 Å². The Morgan fingerprint density at radius 1 is 1.13 bits per heavy atom. The van der Waals surface area contributed by atoms with Gasteiger partial charge in [-0.3, -0.25) is 4.79 Å². The molecule has 0 radical (unpaired) electrons. The number of carbonyl (C=O) groups is 1. The minimum absolute atomic E-state index is 0.0395. The van der Waals surface area contributed by atoms with Crippen molar-refractivity contribution in [1.29, 1.82) is 0 Å². The van der Waals surface area contributed by atoms with E-state index < -0.39 is 5.97 Å². The van der Waals surface area contributed by atoms with Gasteiger partial charge in [-0.2, -0.15) is 0 Å². The molecule has 5 nitrogen and oxygen atoms in total. The van der Waals surface area contributed by atoms with E-state index in [4.69, 9.17) is 10.8 Å². The highest BCUT2D eigenvalue weighted by molar-refractivity contribution is 5.66. The van der Waals surface area contributed by atoms with Gasteiger partial charge in [-0.05, 0) is 104 Å². The van der Waals surface area contributed by atoms with E-state index >= 15 is 0 Å². The van der Waals surface area contributed by atoms with E-state index in [-0.39, 0.29) is 17.9 Å². The Bertz CT molecular complexity index is 657. The minimum atomic E-state index is -0.696. The maximum Gasteiger partial charge on any atom is 0.303 e. The molecular weight excluding hydrogens is 388 g/mol. The molecular formula is C26H46N2O3. The summed E-state index contributed by atoms with van der Waals surface area (Å²) in [5.74, 6) is 2.87. The molecule has 0 aromatic heterocycles. The van der Waals surface area contributed by atoms with Crippen LogP contribution in [0.15, 0.2) is 0 Å². The van der Waals surface area contributed by atoms with Gasteiger partial charge in [0.05, 0.1) is 6.10 Å². The second-order valence-electron chi connectivity index (χ2n) is 12.1. The van der Waals surface area contributed by atoms with Crippen LogP contribution in [0.1, 0.15) is 85.0 Å². The second kappa shape index (κ2) is 8.95. The molecule has 4 fully saturated rings. The SMILES string of the molecule is CC(CCC(=O)O)C1CCC2C3CCC4CC(NCCN)CCC4(C)C3CC(O)C12C. The van der Waals surface area contributed by atoms with Crippen LogP contribution in [0.4, 0.5) is 0 Å². The molecule has 178 valence electrons. The van der Waals surface area contributed by atoms with E-state index in [1.54, 1.807) is 0 Å². The number of nitrogens with two attached hydrogens (primary N) is 1. The quantitative estimate of drug-likeness (QED) is 0.485. The minimum Gasteiger partial charge on any atom is -0.481 e. The molecule has 0 heterocycles. The Balaban J connectivity index is 1.50. The van der Waals surface area contributed by atoms with Crippen molar-refractivity contribution in [3.8, 4) is 0 Å². The summed E-state index contributed by atoms with van der Waals surface area (Å²) >= 11 is 0. The van der Waals surface area contributed by atoms with Gasteiger partial charge in [-0.15, -0.1) is 0 Å². The summed E-state index contributed by atoms with van der Waals surface area (Å²) in [5, 5.41) is 24.4. The van der Waals surface area contributed by atoms with Crippen molar-refractivity contribution in [3.63, 3.8) is 0 Å². The summed E-state index contributed by atoms with van der Waals surface area (Å²) in [6.07, 6.45) is 10.5. The van der Waals surface area contributed by atoms with Gasteiger partial charge in [0, 0.05) is 25.6 Å². The Morgan fingerprint density at radius 3 is 2.61 bits per heavy atom. The first kappa shape index (κ1) is 23.5. The third kappa shape index (κ3) is 3.97. The monoisotopic (exact) mass is 434 g/mol. The molecule has 31 heavy (non-hydrogen) atoms. The number of hydrogen-bond acceptors (Lipinski definition) is 4. The molecule has 10 unspecified atom stereocenters. The van der Waals surface area contributed by atoms with E-state index in [1.165, 1.54) is 38.5 Å². The molecule has 0 bridgehead atoms. The van der Waals surface area contributed by atoms with Crippen LogP contribution in [-0.4, -0.2) is 41.4 Å². The zero-order valence-electron chi connectivity index (χ0n) is 20.0. The van der Waals surface area contributed by atoms with E-state index in [2.05, 4.69) is 26.1 Å². The lowest BCUT2D eigenvalue weighted by Gasteiger charge is -2.62. The smallest absolute Gasteiger partial charge is 0.303 e. The number of hydrogen-bond donors (Lipinski definition) is 4. The fraction of sp³-hybridized carbons (Fsp3) is 0.962. The lowest BCUT2D eigenvalue weighted by atomic mass is 9.43.